The zero-order chi connectivity index (χ0) is 12.3. The van der Waals surface area contributed by atoms with Gasteiger partial charge in [-0.3, -0.25) is 0 Å². The summed E-state index contributed by atoms with van der Waals surface area (Å²) in [5.41, 5.74) is 2.88. The fourth-order valence-electron chi connectivity index (χ4n) is 1.64. The van der Waals surface area contributed by atoms with Gasteiger partial charge in [-0.1, -0.05) is 40.7 Å². The van der Waals surface area contributed by atoms with Crippen molar-refractivity contribution >= 4 is 0 Å². The average Bonchev–Trinajstić information content (AvgIpc) is 2.16. The van der Waals surface area contributed by atoms with Gasteiger partial charge in [0.2, 0.25) is 0 Å². The van der Waals surface area contributed by atoms with E-state index >= 15 is 0 Å². The Labute approximate surface area is 99.8 Å². The van der Waals surface area contributed by atoms with Gasteiger partial charge in [-0.15, -0.1) is 0 Å². The monoisotopic (exact) mass is 220 g/mol. The number of rotatable bonds is 3. The van der Waals surface area contributed by atoms with E-state index < -0.39 is 0 Å². The molecule has 16 heavy (non-hydrogen) atoms. The van der Waals surface area contributed by atoms with E-state index in [4.69, 9.17) is 4.74 Å². The molecule has 0 aromatic heterocycles. The van der Waals surface area contributed by atoms with E-state index in [0.29, 0.717) is 5.92 Å². The second kappa shape index (κ2) is 4.90. The summed E-state index contributed by atoms with van der Waals surface area (Å²) in [5, 5.41) is 0. The molecule has 0 heterocycles. The van der Waals surface area contributed by atoms with Gasteiger partial charge >= 0.3 is 0 Å². The highest BCUT2D eigenvalue weighted by atomic mass is 16.5. The molecule has 0 aliphatic heterocycles. The van der Waals surface area contributed by atoms with Gasteiger partial charge in [0.05, 0.1) is 6.61 Å². The van der Waals surface area contributed by atoms with Crippen molar-refractivity contribution in [2.24, 2.45) is 0 Å². The fraction of sp³-hybridized carbons (Fsp3) is 0.600. The molecule has 0 radical (unpaired) electrons. The summed E-state index contributed by atoms with van der Waals surface area (Å²) in [6.07, 6.45) is 0. The Bertz CT molecular complexity index is 345. The Morgan fingerprint density at radius 1 is 1.12 bits per heavy atom. The highest BCUT2D eigenvalue weighted by Crippen LogP contribution is 2.30. The first kappa shape index (κ1) is 13.1. The summed E-state index contributed by atoms with van der Waals surface area (Å²) in [5.74, 6) is 1.54. The maximum Gasteiger partial charge on any atom is 0.119 e. The Hall–Kier alpha value is -0.980. The van der Waals surface area contributed by atoms with Gasteiger partial charge in [0.1, 0.15) is 5.75 Å². The van der Waals surface area contributed by atoms with Crippen molar-refractivity contribution < 1.29 is 4.74 Å². The van der Waals surface area contributed by atoms with Crippen LogP contribution in [0.5, 0.6) is 5.75 Å². The molecule has 0 bridgehead atoms. The molecule has 0 saturated carbocycles. The van der Waals surface area contributed by atoms with Gasteiger partial charge in [-0.2, -0.15) is 0 Å². The molecular formula is C15H24O. The largest absolute Gasteiger partial charge is 0.494 e. The van der Waals surface area contributed by atoms with Gasteiger partial charge in [0.25, 0.3) is 0 Å². The molecule has 1 aromatic rings. The summed E-state index contributed by atoms with van der Waals surface area (Å²) in [6.45, 7) is 13.9. The lowest BCUT2D eigenvalue weighted by molar-refractivity contribution is 0.338. The van der Waals surface area contributed by atoms with Crippen LogP contribution in [0.4, 0.5) is 0 Å². The van der Waals surface area contributed by atoms with Crippen LogP contribution in [-0.2, 0) is 5.41 Å². The molecule has 90 valence electrons. The molecule has 0 spiro atoms. The smallest absolute Gasteiger partial charge is 0.119 e. The Morgan fingerprint density at radius 2 is 1.75 bits per heavy atom. The molecule has 0 aliphatic carbocycles. The summed E-state index contributed by atoms with van der Waals surface area (Å²) in [4.78, 5) is 0. The predicted molar refractivity (Wildman–Crippen MR) is 70.4 cm³/mol. The molecule has 0 saturated heterocycles. The van der Waals surface area contributed by atoms with E-state index in [0.717, 1.165) is 12.4 Å². The molecule has 0 N–H and O–H groups in total. The molecule has 0 aliphatic rings. The quantitative estimate of drug-likeness (QED) is 0.728. The predicted octanol–water partition coefficient (Wildman–Crippen LogP) is 4.51. The van der Waals surface area contributed by atoms with Crippen LogP contribution in [0.25, 0.3) is 0 Å². The van der Waals surface area contributed by atoms with Crippen molar-refractivity contribution in [2.75, 3.05) is 6.61 Å². The Balaban J connectivity index is 3.19. The van der Waals surface area contributed by atoms with Gasteiger partial charge in [0.15, 0.2) is 0 Å². The zero-order valence-electron chi connectivity index (χ0n) is 11.4. The number of hydrogen-bond donors (Lipinski definition) is 0. The van der Waals surface area contributed by atoms with E-state index in [1.165, 1.54) is 11.1 Å². The van der Waals surface area contributed by atoms with E-state index in [1.54, 1.807) is 0 Å². The maximum atomic E-state index is 5.63. The summed E-state index contributed by atoms with van der Waals surface area (Å²) in [7, 11) is 0. The first-order valence-corrected chi connectivity index (χ1v) is 6.13. The van der Waals surface area contributed by atoms with E-state index in [-0.39, 0.29) is 5.41 Å². The van der Waals surface area contributed by atoms with Crippen molar-refractivity contribution in [1.29, 1.82) is 0 Å². The van der Waals surface area contributed by atoms with Crippen LogP contribution < -0.4 is 4.74 Å². The van der Waals surface area contributed by atoms with E-state index in [1.807, 2.05) is 6.92 Å². The lowest BCUT2D eigenvalue weighted by atomic mass is 9.84. The van der Waals surface area contributed by atoms with Crippen LogP contribution in [0.15, 0.2) is 18.2 Å². The first-order valence-electron chi connectivity index (χ1n) is 6.13. The minimum Gasteiger partial charge on any atom is -0.494 e. The standard InChI is InChI=1S/C15H24O/c1-7-16-14-9-12(11(2)3)8-13(10-14)15(4,5)6/h8-11H,7H2,1-6H3. The summed E-state index contributed by atoms with van der Waals surface area (Å²) in [6, 6.07) is 6.62. The summed E-state index contributed by atoms with van der Waals surface area (Å²) < 4.78 is 5.63. The molecule has 0 fully saturated rings. The van der Waals surface area contributed by atoms with Crippen LogP contribution in [0, 0.1) is 0 Å². The number of hydrogen-bond acceptors (Lipinski definition) is 1. The lowest BCUT2D eigenvalue weighted by Gasteiger charge is -2.22. The normalized spacial score (nSPS) is 11.9. The van der Waals surface area contributed by atoms with Gasteiger partial charge < -0.3 is 4.74 Å². The van der Waals surface area contributed by atoms with Crippen LogP contribution >= 0.6 is 0 Å². The Morgan fingerprint density at radius 3 is 2.19 bits per heavy atom. The highest BCUT2D eigenvalue weighted by Gasteiger charge is 2.16. The fourth-order valence-corrected chi connectivity index (χ4v) is 1.64. The molecular weight excluding hydrogens is 196 g/mol. The minimum atomic E-state index is 0.177. The van der Waals surface area contributed by atoms with Crippen molar-refractivity contribution in [2.45, 2.75) is 52.9 Å². The van der Waals surface area contributed by atoms with E-state index in [9.17, 15) is 0 Å². The second-order valence-corrected chi connectivity index (χ2v) is 5.63. The highest BCUT2D eigenvalue weighted by molar-refractivity contribution is 5.39. The third-order valence-corrected chi connectivity index (χ3v) is 2.77. The zero-order valence-corrected chi connectivity index (χ0v) is 11.4. The number of ether oxygens (including phenoxy) is 1. The van der Waals surface area contributed by atoms with Crippen LogP contribution in [0.2, 0.25) is 0 Å². The van der Waals surface area contributed by atoms with Crippen molar-refractivity contribution in [1.82, 2.24) is 0 Å². The van der Waals surface area contributed by atoms with Gasteiger partial charge in [-0.25, -0.2) is 0 Å². The van der Waals surface area contributed by atoms with E-state index in [2.05, 4.69) is 52.8 Å². The van der Waals surface area contributed by atoms with Crippen molar-refractivity contribution in [3.05, 3.63) is 29.3 Å². The third-order valence-electron chi connectivity index (χ3n) is 2.77. The topological polar surface area (TPSA) is 9.23 Å². The molecule has 0 amide bonds. The molecule has 1 aromatic carbocycles. The SMILES string of the molecule is CCOc1cc(C(C)C)cc(C(C)(C)C)c1. The molecule has 1 heteroatoms. The number of benzene rings is 1. The minimum absolute atomic E-state index is 0.177. The van der Waals surface area contributed by atoms with Gasteiger partial charge in [-0.05, 0) is 41.5 Å². The van der Waals surface area contributed by atoms with Crippen LogP contribution in [-0.4, -0.2) is 6.61 Å². The lowest BCUT2D eigenvalue weighted by Crippen LogP contribution is -2.12. The van der Waals surface area contributed by atoms with Crippen molar-refractivity contribution in [3.8, 4) is 5.75 Å². The molecule has 1 rings (SSSR count). The van der Waals surface area contributed by atoms with Crippen molar-refractivity contribution in [3.63, 3.8) is 0 Å². The Kier molecular flexibility index (Phi) is 4.01. The molecule has 0 atom stereocenters. The first-order chi connectivity index (χ1) is 7.34. The maximum absolute atomic E-state index is 5.63. The molecule has 1 nitrogen and oxygen atoms in total. The van der Waals surface area contributed by atoms with Crippen LogP contribution in [0.1, 0.15) is 58.6 Å². The average molecular weight is 220 g/mol. The molecule has 0 unspecified atom stereocenters. The third kappa shape index (κ3) is 3.26. The van der Waals surface area contributed by atoms with Crippen LogP contribution in [0.3, 0.4) is 0 Å². The second-order valence-electron chi connectivity index (χ2n) is 5.63. The van der Waals surface area contributed by atoms with Gasteiger partial charge in [0, 0.05) is 0 Å². The summed E-state index contributed by atoms with van der Waals surface area (Å²) >= 11 is 0.